The third-order valence-corrected chi connectivity index (χ3v) is 2.44. The summed E-state index contributed by atoms with van der Waals surface area (Å²) in [5.41, 5.74) is 6.17. The maximum absolute atomic E-state index is 10.6. The Morgan fingerprint density at radius 2 is 2.37 bits per heavy atom. The van der Waals surface area contributed by atoms with Gasteiger partial charge in [-0.3, -0.25) is 4.79 Å². The van der Waals surface area contributed by atoms with Crippen LogP contribution in [0.3, 0.4) is 0 Å². The quantitative estimate of drug-likeness (QED) is 0.561. The molecule has 3 N–H and O–H groups in total. The summed E-state index contributed by atoms with van der Waals surface area (Å²) >= 11 is 0. The van der Waals surface area contributed by atoms with E-state index in [1.165, 1.54) is 6.26 Å². The van der Waals surface area contributed by atoms with Gasteiger partial charge in [-0.25, -0.2) is 4.98 Å². The summed E-state index contributed by atoms with van der Waals surface area (Å²) < 4.78 is 6.75. The number of halogens is 1. The molecule has 0 aliphatic rings. The summed E-state index contributed by atoms with van der Waals surface area (Å²) in [4.78, 5) is 14.6. The molecule has 2 rings (SSSR count). The third-order valence-electron chi connectivity index (χ3n) is 2.44. The van der Waals surface area contributed by atoms with E-state index < -0.39 is 12.0 Å². The highest BCUT2D eigenvalue weighted by molar-refractivity contribution is 5.72. The molecule has 0 spiro atoms. The molecular formula is C11H13ClN4O3. The van der Waals surface area contributed by atoms with Crippen LogP contribution in [0.1, 0.15) is 6.42 Å². The number of nitrogens with two attached hydrogens (primary N) is 1. The van der Waals surface area contributed by atoms with Crippen LogP contribution < -0.4 is 22.8 Å². The van der Waals surface area contributed by atoms with Gasteiger partial charge in [0.2, 0.25) is 5.89 Å². The molecule has 1 atom stereocenters. The second-order valence-electron chi connectivity index (χ2n) is 3.75. The molecule has 0 fully saturated rings. The normalized spacial score (nSPS) is 11.6. The molecule has 19 heavy (non-hydrogen) atoms. The predicted octanol–water partition coefficient (Wildman–Crippen LogP) is -3.17. The zero-order valence-corrected chi connectivity index (χ0v) is 10.7. The zero-order chi connectivity index (χ0) is 13.0. The summed E-state index contributed by atoms with van der Waals surface area (Å²) in [6, 6.07) is 0.927. The maximum Gasteiger partial charge on any atom is 0.320 e. The van der Waals surface area contributed by atoms with Crippen molar-refractivity contribution in [1.82, 2.24) is 10.1 Å². The Hall–Kier alpha value is -1.99. The highest BCUT2D eigenvalue weighted by Gasteiger charge is 2.15. The molecule has 0 aromatic carbocycles. The Bertz CT molecular complexity index is 515. The van der Waals surface area contributed by atoms with Crippen LogP contribution >= 0.6 is 0 Å². The first-order chi connectivity index (χ1) is 8.66. The van der Waals surface area contributed by atoms with Crippen molar-refractivity contribution < 1.29 is 31.4 Å². The van der Waals surface area contributed by atoms with Gasteiger partial charge >= 0.3 is 5.97 Å². The van der Waals surface area contributed by atoms with Gasteiger partial charge < -0.3 is 27.7 Å². The number of oxazole rings is 1. The Kier molecular flexibility index (Phi) is 5.40. The standard InChI is InChI=1S/C11H12N4O3.ClH/c12-9(11(16)17)2-5-15-4-1-8(7-14-15)10-13-3-6-18-10;/h1,3-4,6-7,9H,2,5,12H2;1H/t9-;/m0./s1. The number of hydrogen-bond acceptors (Lipinski definition) is 5. The number of carbonyl (C=O) groups is 1. The Labute approximate surface area is 115 Å². The lowest BCUT2D eigenvalue weighted by molar-refractivity contribution is -0.754. The highest BCUT2D eigenvalue weighted by Crippen LogP contribution is 2.13. The highest BCUT2D eigenvalue weighted by atomic mass is 35.5. The first kappa shape index (κ1) is 15.1. The molecule has 0 aliphatic heterocycles. The van der Waals surface area contributed by atoms with Crippen LogP contribution in [0.15, 0.2) is 35.3 Å². The van der Waals surface area contributed by atoms with E-state index in [4.69, 9.17) is 15.3 Å². The van der Waals surface area contributed by atoms with Crippen LogP contribution in [-0.2, 0) is 11.3 Å². The molecule has 7 nitrogen and oxygen atoms in total. The number of aliphatic carboxylic acids is 1. The van der Waals surface area contributed by atoms with Crippen molar-refractivity contribution in [2.75, 3.05) is 0 Å². The maximum atomic E-state index is 10.6. The van der Waals surface area contributed by atoms with Gasteiger partial charge in [-0.1, -0.05) is 4.68 Å². The van der Waals surface area contributed by atoms with Crippen LogP contribution in [0.2, 0.25) is 0 Å². The van der Waals surface area contributed by atoms with Gasteiger partial charge in [0.1, 0.15) is 18.5 Å². The Balaban J connectivity index is 0.00000180. The van der Waals surface area contributed by atoms with Crippen molar-refractivity contribution in [2.24, 2.45) is 5.73 Å². The lowest BCUT2D eigenvalue weighted by Gasteiger charge is -2.01. The van der Waals surface area contributed by atoms with Crippen molar-refractivity contribution >= 4 is 5.97 Å². The molecule has 0 amide bonds. The fourth-order valence-electron chi connectivity index (χ4n) is 1.40. The lowest BCUT2D eigenvalue weighted by Crippen LogP contribution is -3.00. The van der Waals surface area contributed by atoms with Gasteiger partial charge in [0.15, 0.2) is 12.7 Å². The van der Waals surface area contributed by atoms with E-state index in [2.05, 4.69) is 10.1 Å². The van der Waals surface area contributed by atoms with E-state index in [0.717, 1.165) is 5.56 Å². The number of rotatable bonds is 5. The van der Waals surface area contributed by atoms with E-state index in [1.807, 2.05) is 0 Å². The molecule has 0 aliphatic carbocycles. The largest absolute Gasteiger partial charge is 1.00 e. The SMILES string of the molecule is N[C@@H](CC[n+]1ccc(-c2ncco2)cn1)C(=O)O.[Cl-]. The molecule has 0 saturated carbocycles. The van der Waals surface area contributed by atoms with Crippen LogP contribution in [0, 0.1) is 0 Å². The predicted molar refractivity (Wildman–Crippen MR) is 60.2 cm³/mol. The number of aryl methyl sites for hydroxylation is 1. The first-order valence-corrected chi connectivity index (χ1v) is 5.41. The van der Waals surface area contributed by atoms with E-state index >= 15 is 0 Å². The summed E-state index contributed by atoms with van der Waals surface area (Å²) in [5.74, 6) is -0.510. The fraction of sp³-hybridized carbons (Fsp3) is 0.273. The van der Waals surface area contributed by atoms with Gasteiger partial charge in [0, 0.05) is 12.5 Å². The minimum absolute atomic E-state index is 0. The van der Waals surface area contributed by atoms with Crippen molar-refractivity contribution in [2.45, 2.75) is 19.0 Å². The second kappa shape index (κ2) is 6.81. The molecule has 2 aromatic heterocycles. The van der Waals surface area contributed by atoms with Crippen molar-refractivity contribution in [3.63, 3.8) is 0 Å². The minimum Gasteiger partial charge on any atom is -1.00 e. The topological polar surface area (TPSA) is 106 Å². The number of carboxylic acids is 1. The smallest absolute Gasteiger partial charge is 0.320 e. The molecule has 0 unspecified atom stereocenters. The van der Waals surface area contributed by atoms with Crippen molar-refractivity contribution in [1.29, 1.82) is 0 Å². The monoisotopic (exact) mass is 284 g/mol. The molecule has 2 aromatic rings. The van der Waals surface area contributed by atoms with Crippen molar-refractivity contribution in [3.8, 4) is 11.5 Å². The van der Waals surface area contributed by atoms with Gasteiger partial charge in [-0.05, 0) is 5.10 Å². The first-order valence-electron chi connectivity index (χ1n) is 5.41. The molecule has 8 heteroatoms. The van der Waals surface area contributed by atoms with Crippen LogP contribution in [0.25, 0.3) is 11.5 Å². The van der Waals surface area contributed by atoms with Crippen LogP contribution in [0.4, 0.5) is 0 Å². The summed E-state index contributed by atoms with van der Waals surface area (Å²) in [6.45, 7) is 0.444. The van der Waals surface area contributed by atoms with Crippen molar-refractivity contribution in [3.05, 3.63) is 30.9 Å². The number of nitrogens with zero attached hydrogens (tertiary/aromatic N) is 3. The minimum atomic E-state index is -1.01. The summed E-state index contributed by atoms with van der Waals surface area (Å²) in [7, 11) is 0. The average molecular weight is 285 g/mol. The van der Waals surface area contributed by atoms with Gasteiger partial charge in [0.25, 0.3) is 0 Å². The van der Waals surface area contributed by atoms with Crippen LogP contribution in [-0.4, -0.2) is 27.2 Å². The summed E-state index contributed by atoms with van der Waals surface area (Å²) in [5, 5.41) is 12.8. The molecule has 0 bridgehead atoms. The van der Waals surface area contributed by atoms with E-state index in [0.29, 0.717) is 18.9 Å². The van der Waals surface area contributed by atoms with E-state index in [9.17, 15) is 4.79 Å². The van der Waals surface area contributed by atoms with Gasteiger partial charge in [-0.2, -0.15) is 0 Å². The molecule has 0 radical (unpaired) electrons. The second-order valence-corrected chi connectivity index (χ2v) is 3.75. The zero-order valence-electron chi connectivity index (χ0n) is 9.94. The third kappa shape index (κ3) is 4.01. The number of carboxylic acid groups (broad SMARTS) is 1. The number of hydrogen-bond donors (Lipinski definition) is 2. The van der Waals surface area contributed by atoms with Crippen LogP contribution in [0.5, 0.6) is 0 Å². The van der Waals surface area contributed by atoms with E-state index in [1.54, 1.807) is 29.3 Å². The average Bonchev–Trinajstić information content (AvgIpc) is 2.90. The Morgan fingerprint density at radius 3 is 2.89 bits per heavy atom. The number of aromatic nitrogens is 3. The molecule has 102 valence electrons. The van der Waals surface area contributed by atoms with Gasteiger partial charge in [-0.15, -0.1) is 0 Å². The molecule has 0 saturated heterocycles. The lowest BCUT2D eigenvalue weighted by atomic mass is 10.2. The molecular weight excluding hydrogens is 272 g/mol. The molecule has 2 heterocycles. The summed E-state index contributed by atoms with van der Waals surface area (Å²) in [6.07, 6.45) is 6.71. The fourth-order valence-corrected chi connectivity index (χ4v) is 1.40. The Morgan fingerprint density at radius 1 is 1.58 bits per heavy atom. The van der Waals surface area contributed by atoms with Gasteiger partial charge in [0.05, 0.1) is 11.8 Å². The van der Waals surface area contributed by atoms with E-state index in [-0.39, 0.29) is 12.4 Å².